The van der Waals surface area contributed by atoms with Crippen molar-refractivity contribution < 1.29 is 4.52 Å². The normalized spacial score (nSPS) is 24.3. The Morgan fingerprint density at radius 3 is 2.52 bits per heavy atom. The van der Waals surface area contributed by atoms with Gasteiger partial charge in [0.05, 0.1) is 12.2 Å². The Hall–Kier alpha value is -2.25. The minimum absolute atomic E-state index is 0.375. The van der Waals surface area contributed by atoms with Crippen LogP contribution in [0.5, 0.6) is 0 Å². The molecule has 3 aromatic rings. The molecule has 7 nitrogen and oxygen atoms in total. The first-order valence-electron chi connectivity index (χ1n) is 11.4. The van der Waals surface area contributed by atoms with Crippen molar-refractivity contribution in [3.8, 4) is 5.69 Å². The Kier molecular flexibility index (Phi) is 4.83. The van der Waals surface area contributed by atoms with Crippen LogP contribution in [0, 0.1) is 6.92 Å². The van der Waals surface area contributed by atoms with Gasteiger partial charge in [0.1, 0.15) is 5.82 Å². The first kappa shape index (κ1) is 19.4. The highest BCUT2D eigenvalue weighted by Crippen LogP contribution is 2.41. The Bertz CT molecular complexity index is 1100. The predicted octanol–water partition coefficient (Wildman–Crippen LogP) is 4.92. The second kappa shape index (κ2) is 7.71. The number of nitrogens with zero attached hydrogens (tertiary/aromatic N) is 6. The smallest absolute Gasteiger partial charge is 0.223 e. The zero-order valence-corrected chi connectivity index (χ0v) is 18.6. The van der Waals surface area contributed by atoms with Gasteiger partial charge in [0.2, 0.25) is 5.89 Å². The highest BCUT2D eigenvalue weighted by Gasteiger charge is 2.34. The number of benzene rings is 1. The number of aromatic nitrogens is 5. The molecule has 31 heavy (non-hydrogen) atoms. The van der Waals surface area contributed by atoms with Crippen molar-refractivity contribution in [2.45, 2.75) is 82.8 Å². The summed E-state index contributed by atoms with van der Waals surface area (Å²) in [7, 11) is 0. The van der Waals surface area contributed by atoms with E-state index in [2.05, 4.69) is 36.8 Å². The third-order valence-corrected chi connectivity index (χ3v) is 7.58. The largest absolute Gasteiger partial charge is 0.340 e. The van der Waals surface area contributed by atoms with E-state index in [1.165, 1.54) is 30.5 Å². The molecule has 2 aromatic heterocycles. The van der Waals surface area contributed by atoms with Crippen molar-refractivity contribution in [1.29, 1.82) is 0 Å². The molecule has 2 fully saturated rings. The zero-order valence-electron chi connectivity index (χ0n) is 17.8. The van der Waals surface area contributed by atoms with E-state index in [4.69, 9.17) is 21.2 Å². The van der Waals surface area contributed by atoms with Gasteiger partial charge in [0, 0.05) is 36.4 Å². The van der Waals surface area contributed by atoms with Crippen LogP contribution in [0.4, 0.5) is 0 Å². The van der Waals surface area contributed by atoms with Crippen molar-refractivity contribution in [1.82, 2.24) is 29.8 Å². The van der Waals surface area contributed by atoms with Crippen LogP contribution < -0.4 is 0 Å². The van der Waals surface area contributed by atoms with Crippen LogP contribution in [0.15, 0.2) is 22.7 Å². The van der Waals surface area contributed by atoms with Gasteiger partial charge >= 0.3 is 0 Å². The monoisotopic (exact) mass is 438 g/mol. The number of aryl methyl sites for hydroxylation is 1. The molecule has 0 unspecified atom stereocenters. The fourth-order valence-corrected chi connectivity index (χ4v) is 5.61. The van der Waals surface area contributed by atoms with E-state index in [1.807, 2.05) is 13.0 Å². The second-order valence-corrected chi connectivity index (χ2v) is 9.73. The quantitative estimate of drug-likeness (QED) is 0.577. The van der Waals surface area contributed by atoms with Gasteiger partial charge in [0.25, 0.3) is 0 Å². The molecule has 162 valence electrons. The summed E-state index contributed by atoms with van der Waals surface area (Å²) in [4.78, 5) is 7.01. The summed E-state index contributed by atoms with van der Waals surface area (Å²) in [5.41, 5.74) is 2.47. The number of hydrogen-bond donors (Lipinski definition) is 0. The maximum Gasteiger partial charge on any atom is 0.223 e. The minimum atomic E-state index is 0.375. The number of rotatable bonds is 3. The van der Waals surface area contributed by atoms with E-state index in [0.717, 1.165) is 61.3 Å². The number of fused-ring (bicyclic) bond motifs is 3. The fraction of sp³-hybridized carbons (Fsp3) is 0.565. The summed E-state index contributed by atoms with van der Waals surface area (Å²) in [6.45, 7) is 3.62. The van der Waals surface area contributed by atoms with Crippen LogP contribution in [-0.2, 0) is 13.1 Å². The summed E-state index contributed by atoms with van der Waals surface area (Å²) >= 11 is 6.39. The SMILES string of the molecule is Cc1nc(C2CCC(c3nnc4n3-c3ccc(Cl)cc3CN(C3CCC3)C4)CC2)no1. The van der Waals surface area contributed by atoms with Gasteiger partial charge in [-0.3, -0.25) is 9.47 Å². The maximum atomic E-state index is 6.39. The summed E-state index contributed by atoms with van der Waals surface area (Å²) in [5, 5.41) is 14.4. The van der Waals surface area contributed by atoms with Crippen molar-refractivity contribution >= 4 is 11.6 Å². The number of hydrogen-bond acceptors (Lipinski definition) is 6. The molecule has 1 aliphatic heterocycles. The molecule has 0 N–H and O–H groups in total. The molecule has 2 aliphatic carbocycles. The molecule has 0 bridgehead atoms. The topological polar surface area (TPSA) is 72.9 Å². The van der Waals surface area contributed by atoms with E-state index in [0.29, 0.717) is 23.8 Å². The zero-order chi connectivity index (χ0) is 20.9. The Labute approximate surface area is 186 Å². The third-order valence-electron chi connectivity index (χ3n) is 7.35. The van der Waals surface area contributed by atoms with Crippen molar-refractivity contribution in [2.75, 3.05) is 0 Å². The molecule has 6 rings (SSSR count). The minimum Gasteiger partial charge on any atom is -0.340 e. The maximum absolute atomic E-state index is 6.39. The first-order chi connectivity index (χ1) is 15.2. The lowest BCUT2D eigenvalue weighted by Crippen LogP contribution is -2.38. The van der Waals surface area contributed by atoms with Crippen LogP contribution in [0.3, 0.4) is 0 Å². The van der Waals surface area contributed by atoms with Gasteiger partial charge in [-0.25, -0.2) is 0 Å². The average molecular weight is 439 g/mol. The molecule has 0 saturated heterocycles. The van der Waals surface area contributed by atoms with E-state index in [9.17, 15) is 0 Å². The lowest BCUT2D eigenvalue weighted by atomic mass is 9.81. The molecular formula is C23H27ClN6O. The first-order valence-corrected chi connectivity index (χ1v) is 11.8. The lowest BCUT2D eigenvalue weighted by molar-refractivity contribution is 0.110. The third kappa shape index (κ3) is 3.48. The molecule has 0 atom stereocenters. The van der Waals surface area contributed by atoms with Crippen LogP contribution in [-0.4, -0.2) is 35.8 Å². The summed E-state index contributed by atoms with van der Waals surface area (Å²) in [5.74, 6) is 4.42. The van der Waals surface area contributed by atoms with Crippen LogP contribution in [0.1, 0.15) is 85.7 Å². The Balaban J connectivity index is 1.31. The lowest BCUT2D eigenvalue weighted by Gasteiger charge is -2.36. The number of halogens is 1. The standard InChI is InChI=1S/C23H27ClN6O/c1-14-25-22(28-31-14)15-5-7-16(8-6-15)23-27-26-21-13-29(19-3-2-4-19)12-17-11-18(24)9-10-20(17)30(21)23/h9-11,15-16,19H,2-8,12-13H2,1H3. The molecule has 3 heterocycles. The average Bonchev–Trinajstić information content (AvgIpc) is 3.30. The second-order valence-electron chi connectivity index (χ2n) is 9.29. The predicted molar refractivity (Wildman–Crippen MR) is 116 cm³/mol. The van der Waals surface area contributed by atoms with Gasteiger partial charge in [-0.15, -0.1) is 10.2 Å². The van der Waals surface area contributed by atoms with Gasteiger partial charge in [0.15, 0.2) is 11.6 Å². The van der Waals surface area contributed by atoms with E-state index in [1.54, 1.807) is 0 Å². The molecule has 0 amide bonds. The van der Waals surface area contributed by atoms with Crippen LogP contribution in [0.25, 0.3) is 5.69 Å². The fourth-order valence-electron chi connectivity index (χ4n) is 5.42. The molecule has 3 aliphatic rings. The highest BCUT2D eigenvalue weighted by molar-refractivity contribution is 6.30. The molecule has 0 radical (unpaired) electrons. The van der Waals surface area contributed by atoms with Gasteiger partial charge in [-0.1, -0.05) is 23.2 Å². The van der Waals surface area contributed by atoms with Crippen LogP contribution in [0.2, 0.25) is 5.02 Å². The van der Waals surface area contributed by atoms with Gasteiger partial charge in [-0.2, -0.15) is 4.98 Å². The molecule has 0 spiro atoms. The van der Waals surface area contributed by atoms with Crippen LogP contribution >= 0.6 is 11.6 Å². The highest BCUT2D eigenvalue weighted by atomic mass is 35.5. The summed E-state index contributed by atoms with van der Waals surface area (Å²) in [6, 6.07) is 6.90. The van der Waals surface area contributed by atoms with E-state index >= 15 is 0 Å². The van der Waals surface area contributed by atoms with Crippen molar-refractivity contribution in [3.63, 3.8) is 0 Å². The Morgan fingerprint density at radius 2 is 1.81 bits per heavy atom. The van der Waals surface area contributed by atoms with E-state index < -0.39 is 0 Å². The van der Waals surface area contributed by atoms with E-state index in [-0.39, 0.29) is 0 Å². The summed E-state index contributed by atoms with van der Waals surface area (Å²) in [6.07, 6.45) is 8.09. The van der Waals surface area contributed by atoms with Crippen molar-refractivity contribution in [3.05, 3.63) is 52.1 Å². The molecule has 1 aromatic carbocycles. The van der Waals surface area contributed by atoms with Gasteiger partial charge in [-0.05, 0) is 62.3 Å². The molecule has 8 heteroatoms. The van der Waals surface area contributed by atoms with Crippen molar-refractivity contribution in [2.24, 2.45) is 0 Å². The van der Waals surface area contributed by atoms with Gasteiger partial charge < -0.3 is 4.52 Å². The molecular weight excluding hydrogens is 412 g/mol. The molecule has 2 saturated carbocycles. The Morgan fingerprint density at radius 1 is 1.00 bits per heavy atom. The summed E-state index contributed by atoms with van der Waals surface area (Å²) < 4.78 is 7.52.